The van der Waals surface area contributed by atoms with Crippen molar-refractivity contribution in [1.29, 1.82) is 0 Å². The fourth-order valence-electron chi connectivity index (χ4n) is 1.19. The molecule has 0 fully saturated rings. The van der Waals surface area contributed by atoms with Gasteiger partial charge in [0.2, 0.25) is 10.0 Å². The van der Waals surface area contributed by atoms with E-state index >= 15 is 0 Å². The van der Waals surface area contributed by atoms with Crippen LogP contribution in [-0.2, 0) is 10.0 Å². The summed E-state index contributed by atoms with van der Waals surface area (Å²) < 4.78 is 26.7. The summed E-state index contributed by atoms with van der Waals surface area (Å²) in [6.07, 6.45) is 0.600. The zero-order chi connectivity index (χ0) is 12.0. The van der Waals surface area contributed by atoms with E-state index in [1.165, 1.54) is 0 Å². The Hall–Kier alpha value is -0.590. The summed E-state index contributed by atoms with van der Waals surface area (Å²) in [5.74, 6) is 0.129. The Bertz CT molecular complexity index is 417. The van der Waals surface area contributed by atoms with Crippen LogP contribution in [0.5, 0.6) is 0 Å². The minimum absolute atomic E-state index is 0.129. The SMILES string of the molecule is CNCCCS(=O)(=O)Nc1ccc(Br)cc1. The van der Waals surface area contributed by atoms with Crippen LogP contribution < -0.4 is 10.0 Å². The number of sulfonamides is 1. The van der Waals surface area contributed by atoms with Crippen molar-refractivity contribution in [2.24, 2.45) is 0 Å². The molecule has 0 atom stereocenters. The van der Waals surface area contributed by atoms with Crippen molar-refractivity contribution < 1.29 is 8.42 Å². The molecule has 90 valence electrons. The Labute approximate surface area is 105 Å². The highest BCUT2D eigenvalue weighted by molar-refractivity contribution is 9.10. The minimum Gasteiger partial charge on any atom is -0.320 e. The van der Waals surface area contributed by atoms with Crippen LogP contribution in [0.2, 0.25) is 0 Å². The Kier molecular flexibility index (Phi) is 5.24. The van der Waals surface area contributed by atoms with Crippen LogP contribution in [0.4, 0.5) is 5.69 Å². The summed E-state index contributed by atoms with van der Waals surface area (Å²) in [5, 5.41) is 2.91. The molecule has 1 aromatic rings. The molecule has 1 rings (SSSR count). The van der Waals surface area contributed by atoms with Crippen molar-refractivity contribution in [3.8, 4) is 0 Å². The third kappa shape index (κ3) is 4.96. The molecule has 0 saturated heterocycles. The molecule has 1 aromatic carbocycles. The number of hydrogen-bond donors (Lipinski definition) is 2. The van der Waals surface area contributed by atoms with Crippen molar-refractivity contribution in [2.45, 2.75) is 6.42 Å². The lowest BCUT2D eigenvalue weighted by molar-refractivity contribution is 0.597. The second kappa shape index (κ2) is 6.22. The van der Waals surface area contributed by atoms with E-state index in [1.807, 2.05) is 0 Å². The van der Waals surface area contributed by atoms with Crippen molar-refractivity contribution in [1.82, 2.24) is 5.32 Å². The summed E-state index contributed by atoms with van der Waals surface area (Å²) in [6.45, 7) is 0.696. The van der Waals surface area contributed by atoms with Gasteiger partial charge in [0.25, 0.3) is 0 Å². The van der Waals surface area contributed by atoms with Crippen LogP contribution >= 0.6 is 15.9 Å². The lowest BCUT2D eigenvalue weighted by Crippen LogP contribution is -2.20. The number of anilines is 1. The second-order valence-electron chi connectivity index (χ2n) is 3.38. The van der Waals surface area contributed by atoms with E-state index in [-0.39, 0.29) is 5.75 Å². The molecule has 0 aliphatic heterocycles. The molecule has 0 amide bonds. The smallest absolute Gasteiger partial charge is 0.232 e. The van der Waals surface area contributed by atoms with Crippen molar-refractivity contribution in [3.63, 3.8) is 0 Å². The molecular weight excluding hydrogens is 292 g/mol. The van der Waals surface area contributed by atoms with Gasteiger partial charge in [-0.1, -0.05) is 15.9 Å². The van der Waals surface area contributed by atoms with Gasteiger partial charge in [-0.15, -0.1) is 0 Å². The molecule has 0 saturated carbocycles. The number of halogens is 1. The second-order valence-corrected chi connectivity index (χ2v) is 6.14. The highest BCUT2D eigenvalue weighted by atomic mass is 79.9. The van der Waals surface area contributed by atoms with Gasteiger partial charge in [-0.2, -0.15) is 0 Å². The number of benzene rings is 1. The third-order valence-electron chi connectivity index (χ3n) is 1.96. The van der Waals surface area contributed by atoms with Crippen molar-refractivity contribution >= 4 is 31.6 Å². The maximum Gasteiger partial charge on any atom is 0.232 e. The third-order valence-corrected chi connectivity index (χ3v) is 3.86. The molecule has 0 radical (unpaired) electrons. The molecule has 0 spiro atoms. The first-order chi connectivity index (χ1) is 7.53. The molecule has 0 aromatic heterocycles. The first-order valence-corrected chi connectivity index (χ1v) is 7.39. The van der Waals surface area contributed by atoms with Crippen LogP contribution in [0, 0.1) is 0 Å². The Morgan fingerprint density at radius 1 is 1.25 bits per heavy atom. The van der Waals surface area contributed by atoms with E-state index in [1.54, 1.807) is 31.3 Å². The Balaban J connectivity index is 2.55. The Morgan fingerprint density at radius 2 is 1.88 bits per heavy atom. The quantitative estimate of drug-likeness (QED) is 0.788. The van der Waals surface area contributed by atoms with Crippen LogP contribution in [-0.4, -0.2) is 27.8 Å². The summed E-state index contributed by atoms with van der Waals surface area (Å²) in [4.78, 5) is 0. The number of nitrogens with one attached hydrogen (secondary N) is 2. The molecule has 4 nitrogen and oxygen atoms in total. The lowest BCUT2D eigenvalue weighted by atomic mass is 10.3. The molecule has 16 heavy (non-hydrogen) atoms. The van der Waals surface area contributed by atoms with Crippen molar-refractivity contribution in [2.75, 3.05) is 24.1 Å². The maximum absolute atomic E-state index is 11.6. The molecular formula is C10H15BrN2O2S. The maximum atomic E-state index is 11.6. The van der Waals surface area contributed by atoms with Crippen LogP contribution in [0.15, 0.2) is 28.7 Å². The van der Waals surface area contributed by atoms with Crippen molar-refractivity contribution in [3.05, 3.63) is 28.7 Å². The molecule has 6 heteroatoms. The fourth-order valence-corrected chi connectivity index (χ4v) is 2.57. The van der Waals surface area contributed by atoms with E-state index in [2.05, 4.69) is 26.0 Å². The average molecular weight is 307 g/mol. The molecule has 0 aliphatic rings. The van der Waals surface area contributed by atoms with E-state index in [4.69, 9.17) is 0 Å². The van der Waals surface area contributed by atoms with Gasteiger partial charge in [-0.25, -0.2) is 8.42 Å². The summed E-state index contributed by atoms with van der Waals surface area (Å²) in [7, 11) is -1.42. The molecule has 0 bridgehead atoms. The molecule has 0 heterocycles. The normalized spacial score (nSPS) is 11.4. The van der Waals surface area contributed by atoms with Gasteiger partial charge < -0.3 is 5.32 Å². The van der Waals surface area contributed by atoms with E-state index < -0.39 is 10.0 Å². The van der Waals surface area contributed by atoms with Gasteiger partial charge in [0.15, 0.2) is 0 Å². The highest BCUT2D eigenvalue weighted by Gasteiger charge is 2.09. The predicted octanol–water partition coefficient (Wildman–Crippen LogP) is 1.80. The molecule has 2 N–H and O–H groups in total. The topological polar surface area (TPSA) is 58.2 Å². The summed E-state index contributed by atoms with van der Waals surface area (Å²) in [5.41, 5.74) is 0.590. The van der Waals surface area contributed by atoms with Gasteiger partial charge in [-0.05, 0) is 44.3 Å². The van der Waals surface area contributed by atoms with Gasteiger partial charge in [0, 0.05) is 10.2 Å². The van der Waals surface area contributed by atoms with Crippen LogP contribution in [0.25, 0.3) is 0 Å². The zero-order valence-corrected chi connectivity index (χ0v) is 11.4. The largest absolute Gasteiger partial charge is 0.320 e. The van der Waals surface area contributed by atoms with Gasteiger partial charge in [-0.3, -0.25) is 4.72 Å². The summed E-state index contributed by atoms with van der Waals surface area (Å²) >= 11 is 3.29. The van der Waals surface area contributed by atoms with E-state index in [0.29, 0.717) is 18.7 Å². The molecule has 0 aliphatic carbocycles. The minimum atomic E-state index is -3.23. The summed E-state index contributed by atoms with van der Waals surface area (Å²) in [6, 6.07) is 7.04. The average Bonchev–Trinajstić information content (AvgIpc) is 2.21. The molecule has 0 unspecified atom stereocenters. The highest BCUT2D eigenvalue weighted by Crippen LogP contribution is 2.15. The van der Waals surface area contributed by atoms with E-state index in [0.717, 1.165) is 4.47 Å². The first-order valence-electron chi connectivity index (χ1n) is 4.94. The van der Waals surface area contributed by atoms with E-state index in [9.17, 15) is 8.42 Å². The van der Waals surface area contributed by atoms with Gasteiger partial charge in [0.1, 0.15) is 0 Å². The first kappa shape index (κ1) is 13.5. The van der Waals surface area contributed by atoms with Gasteiger partial charge in [0.05, 0.1) is 5.75 Å². The van der Waals surface area contributed by atoms with Crippen LogP contribution in [0.1, 0.15) is 6.42 Å². The van der Waals surface area contributed by atoms with Crippen LogP contribution in [0.3, 0.4) is 0 Å². The van der Waals surface area contributed by atoms with Gasteiger partial charge >= 0.3 is 0 Å². The number of rotatable bonds is 6. The fraction of sp³-hybridized carbons (Fsp3) is 0.400. The zero-order valence-electron chi connectivity index (χ0n) is 9.03. The Morgan fingerprint density at radius 3 is 2.44 bits per heavy atom. The standard InChI is InChI=1S/C10H15BrN2O2S/c1-12-7-2-8-16(14,15)13-10-5-3-9(11)4-6-10/h3-6,12-13H,2,7-8H2,1H3. The number of hydrogen-bond acceptors (Lipinski definition) is 3. The lowest BCUT2D eigenvalue weighted by Gasteiger charge is -2.07. The predicted molar refractivity (Wildman–Crippen MR) is 70.1 cm³/mol. The monoisotopic (exact) mass is 306 g/mol.